The van der Waals surface area contributed by atoms with Crippen molar-refractivity contribution in [2.45, 2.75) is 11.3 Å². The highest BCUT2D eigenvalue weighted by Crippen LogP contribution is 2.28. The van der Waals surface area contributed by atoms with Gasteiger partial charge in [0.05, 0.1) is 24.1 Å². The number of rotatable bonds is 8. The molecule has 0 bridgehead atoms. The van der Waals surface area contributed by atoms with Crippen molar-refractivity contribution in [3.8, 4) is 5.75 Å². The summed E-state index contributed by atoms with van der Waals surface area (Å²) < 4.78 is 48.5. The van der Waals surface area contributed by atoms with E-state index in [4.69, 9.17) is 9.47 Å². The topological polar surface area (TPSA) is 102 Å². The smallest absolute Gasteiger partial charge is 0.310 e. The van der Waals surface area contributed by atoms with Gasteiger partial charge < -0.3 is 14.8 Å². The minimum atomic E-state index is -3.71. The van der Waals surface area contributed by atoms with E-state index in [1.165, 1.54) is 63.7 Å². The standard InChI is InChI=1S/C19H21FN2O6S/c1-22(2)29(25,26)15-8-9-17(27-3)16(11-15)21-18(23)12-28-19(24)10-13-4-6-14(20)7-5-13/h4-9,11H,10,12H2,1-3H3,(H,21,23). The van der Waals surface area contributed by atoms with Crippen molar-refractivity contribution in [1.82, 2.24) is 4.31 Å². The largest absolute Gasteiger partial charge is 0.495 e. The van der Waals surface area contributed by atoms with Crippen LogP contribution in [0.2, 0.25) is 0 Å². The molecule has 0 saturated heterocycles. The van der Waals surface area contributed by atoms with E-state index in [-0.39, 0.29) is 22.8 Å². The van der Waals surface area contributed by atoms with Gasteiger partial charge in [-0.05, 0) is 35.9 Å². The predicted octanol–water partition coefficient (Wildman–Crippen LogP) is 1.81. The Morgan fingerprint density at radius 3 is 2.34 bits per heavy atom. The monoisotopic (exact) mass is 424 g/mol. The Morgan fingerprint density at radius 1 is 1.10 bits per heavy atom. The molecule has 1 N–H and O–H groups in total. The Bertz CT molecular complexity index is 990. The number of hydrogen-bond donors (Lipinski definition) is 1. The maximum Gasteiger partial charge on any atom is 0.310 e. The van der Waals surface area contributed by atoms with Crippen LogP contribution in [0.15, 0.2) is 47.4 Å². The van der Waals surface area contributed by atoms with Crippen LogP contribution in [-0.4, -0.2) is 52.4 Å². The Balaban J connectivity index is 2.02. The van der Waals surface area contributed by atoms with E-state index in [9.17, 15) is 22.4 Å². The Kier molecular flexibility index (Phi) is 7.29. The summed E-state index contributed by atoms with van der Waals surface area (Å²) in [6, 6.07) is 9.34. The molecule has 2 aromatic carbocycles. The van der Waals surface area contributed by atoms with Gasteiger partial charge in [-0.15, -0.1) is 0 Å². The molecule has 1 amide bonds. The number of halogens is 1. The summed E-state index contributed by atoms with van der Waals surface area (Å²) in [5.41, 5.74) is 0.662. The quantitative estimate of drug-likeness (QED) is 0.649. The number of nitrogens with zero attached hydrogens (tertiary/aromatic N) is 1. The Morgan fingerprint density at radius 2 is 1.76 bits per heavy atom. The van der Waals surface area contributed by atoms with Crippen LogP contribution in [0.3, 0.4) is 0 Å². The number of methoxy groups -OCH3 is 1. The Labute approximate surface area is 168 Å². The van der Waals surface area contributed by atoms with Crippen molar-refractivity contribution in [2.75, 3.05) is 33.1 Å². The number of carbonyl (C=O) groups is 2. The maximum absolute atomic E-state index is 12.9. The first-order valence-electron chi connectivity index (χ1n) is 8.44. The average molecular weight is 424 g/mol. The third kappa shape index (κ3) is 6.00. The minimum absolute atomic E-state index is 0.0353. The van der Waals surface area contributed by atoms with Gasteiger partial charge in [-0.25, -0.2) is 17.1 Å². The fourth-order valence-electron chi connectivity index (χ4n) is 2.31. The SMILES string of the molecule is COc1ccc(S(=O)(=O)N(C)C)cc1NC(=O)COC(=O)Cc1ccc(F)cc1. The third-order valence-corrected chi connectivity index (χ3v) is 5.66. The number of nitrogens with one attached hydrogen (secondary N) is 1. The van der Waals surface area contributed by atoms with Gasteiger partial charge >= 0.3 is 5.97 Å². The van der Waals surface area contributed by atoms with E-state index < -0.39 is 34.3 Å². The lowest BCUT2D eigenvalue weighted by Gasteiger charge is -2.15. The molecule has 0 saturated carbocycles. The highest BCUT2D eigenvalue weighted by Gasteiger charge is 2.20. The molecule has 0 heterocycles. The van der Waals surface area contributed by atoms with Crippen LogP contribution in [-0.2, 0) is 30.8 Å². The molecule has 2 aromatic rings. The second kappa shape index (κ2) is 9.48. The molecule has 0 aliphatic rings. The molecule has 0 aliphatic carbocycles. The van der Waals surface area contributed by atoms with Gasteiger partial charge in [-0.1, -0.05) is 12.1 Å². The number of hydrogen-bond acceptors (Lipinski definition) is 6. The van der Waals surface area contributed by atoms with Gasteiger partial charge in [-0.3, -0.25) is 9.59 Å². The molecule has 0 radical (unpaired) electrons. The van der Waals surface area contributed by atoms with Crippen molar-refractivity contribution in [3.63, 3.8) is 0 Å². The summed E-state index contributed by atoms with van der Waals surface area (Å²) in [5, 5.41) is 2.47. The van der Waals surface area contributed by atoms with E-state index in [1.54, 1.807) is 0 Å². The van der Waals surface area contributed by atoms with Crippen molar-refractivity contribution in [1.29, 1.82) is 0 Å². The van der Waals surface area contributed by atoms with Crippen LogP contribution in [0.4, 0.5) is 10.1 Å². The predicted molar refractivity (Wildman–Crippen MR) is 104 cm³/mol. The van der Waals surface area contributed by atoms with Crippen molar-refractivity contribution in [2.24, 2.45) is 0 Å². The number of benzene rings is 2. The third-order valence-electron chi connectivity index (χ3n) is 3.85. The summed E-state index contributed by atoms with van der Waals surface area (Å²) in [4.78, 5) is 23.9. The first-order chi connectivity index (χ1) is 13.6. The van der Waals surface area contributed by atoms with Crippen LogP contribution in [0.1, 0.15) is 5.56 Å². The number of amides is 1. The van der Waals surface area contributed by atoms with E-state index in [1.807, 2.05) is 0 Å². The summed E-state index contributed by atoms with van der Waals surface area (Å²) in [6.07, 6.45) is -0.118. The second-order valence-electron chi connectivity index (χ2n) is 6.16. The lowest BCUT2D eigenvalue weighted by Crippen LogP contribution is -2.24. The van der Waals surface area contributed by atoms with Crippen molar-refractivity contribution in [3.05, 3.63) is 53.8 Å². The molecule has 8 nitrogen and oxygen atoms in total. The normalized spacial score (nSPS) is 11.2. The van der Waals surface area contributed by atoms with Crippen LogP contribution in [0.5, 0.6) is 5.75 Å². The van der Waals surface area contributed by atoms with E-state index in [0.29, 0.717) is 5.56 Å². The van der Waals surface area contributed by atoms with Crippen molar-refractivity contribution >= 4 is 27.6 Å². The fraction of sp³-hybridized carbons (Fsp3) is 0.263. The highest BCUT2D eigenvalue weighted by molar-refractivity contribution is 7.89. The number of anilines is 1. The number of carbonyl (C=O) groups excluding carboxylic acids is 2. The zero-order valence-corrected chi connectivity index (χ0v) is 17.0. The number of ether oxygens (including phenoxy) is 2. The van der Waals surface area contributed by atoms with Gasteiger partial charge in [0, 0.05) is 14.1 Å². The molecule has 0 spiro atoms. The maximum atomic E-state index is 12.9. The second-order valence-corrected chi connectivity index (χ2v) is 8.31. The van der Waals surface area contributed by atoms with E-state index >= 15 is 0 Å². The number of sulfonamides is 1. The average Bonchev–Trinajstić information content (AvgIpc) is 2.68. The molecule has 10 heteroatoms. The molecule has 0 aliphatic heterocycles. The zero-order valence-electron chi connectivity index (χ0n) is 16.1. The van der Waals surface area contributed by atoms with Crippen molar-refractivity contribution < 1.29 is 31.9 Å². The molecule has 2 rings (SSSR count). The fourth-order valence-corrected chi connectivity index (χ4v) is 3.24. The molecule has 0 fully saturated rings. The molecule has 0 unspecified atom stereocenters. The van der Waals surface area contributed by atoms with Gasteiger partial charge in [0.25, 0.3) is 5.91 Å². The lowest BCUT2D eigenvalue weighted by atomic mass is 10.1. The minimum Gasteiger partial charge on any atom is -0.495 e. The summed E-state index contributed by atoms with van der Waals surface area (Å²) >= 11 is 0. The highest BCUT2D eigenvalue weighted by atomic mass is 32.2. The zero-order chi connectivity index (χ0) is 21.6. The van der Waals surface area contributed by atoms with Gasteiger partial charge in [0.2, 0.25) is 10.0 Å². The first kappa shape index (κ1) is 22.3. The van der Waals surface area contributed by atoms with E-state index in [0.717, 1.165) is 4.31 Å². The van der Waals surface area contributed by atoms with E-state index in [2.05, 4.69) is 5.32 Å². The van der Waals surface area contributed by atoms with Crippen LogP contribution in [0.25, 0.3) is 0 Å². The summed E-state index contributed by atoms with van der Waals surface area (Å²) in [5.74, 6) is -1.51. The first-order valence-corrected chi connectivity index (χ1v) is 9.88. The molecule has 156 valence electrons. The molecule has 29 heavy (non-hydrogen) atoms. The van der Waals surface area contributed by atoms with Crippen LogP contribution < -0.4 is 10.1 Å². The Hall–Kier alpha value is -2.98. The lowest BCUT2D eigenvalue weighted by molar-refractivity contribution is -0.146. The van der Waals surface area contributed by atoms with Gasteiger partial charge in [-0.2, -0.15) is 0 Å². The van der Waals surface area contributed by atoms with Gasteiger partial charge in [0.1, 0.15) is 11.6 Å². The van der Waals surface area contributed by atoms with Crippen LogP contribution >= 0.6 is 0 Å². The summed E-state index contributed by atoms with van der Waals surface area (Å²) in [6.45, 7) is -0.576. The number of esters is 1. The molecular formula is C19H21FN2O6S. The molecule has 0 aromatic heterocycles. The molecule has 0 atom stereocenters. The summed E-state index contributed by atoms with van der Waals surface area (Å²) in [7, 11) is 0.434. The molecular weight excluding hydrogens is 403 g/mol. The van der Waals surface area contributed by atoms with Crippen LogP contribution in [0, 0.1) is 5.82 Å². The van der Waals surface area contributed by atoms with Gasteiger partial charge in [0.15, 0.2) is 6.61 Å².